The number of halogens is 1. The van der Waals surface area contributed by atoms with Crippen molar-refractivity contribution in [1.82, 2.24) is 10.6 Å². The van der Waals surface area contributed by atoms with Crippen LogP contribution in [-0.2, 0) is 16.1 Å². The third-order valence-corrected chi connectivity index (χ3v) is 2.00. The van der Waals surface area contributed by atoms with E-state index in [1.807, 2.05) is 0 Å². The second kappa shape index (κ2) is 6.59. The van der Waals surface area contributed by atoms with Gasteiger partial charge in [0.1, 0.15) is 5.82 Å². The van der Waals surface area contributed by atoms with E-state index in [9.17, 15) is 14.0 Å². The van der Waals surface area contributed by atoms with Crippen LogP contribution in [0.3, 0.4) is 0 Å². The second-order valence-electron chi connectivity index (χ2n) is 3.37. The maximum Gasteiger partial charge on any atom is 0.317 e. The largest absolute Gasteiger partial charge is 0.480 e. The van der Waals surface area contributed by atoms with E-state index in [2.05, 4.69) is 10.6 Å². The van der Waals surface area contributed by atoms with Gasteiger partial charge in [-0.15, -0.1) is 0 Å². The lowest BCUT2D eigenvalue weighted by molar-refractivity contribution is -0.136. The van der Waals surface area contributed by atoms with Gasteiger partial charge in [0.25, 0.3) is 0 Å². The van der Waals surface area contributed by atoms with Crippen LogP contribution in [0.15, 0.2) is 24.3 Å². The SMILES string of the molecule is O=C(O)CNCC(=O)NCc1ccccc1F. The molecule has 92 valence electrons. The van der Waals surface area contributed by atoms with Crippen molar-refractivity contribution in [3.05, 3.63) is 35.6 Å². The Hall–Kier alpha value is -1.95. The minimum absolute atomic E-state index is 0.0836. The summed E-state index contributed by atoms with van der Waals surface area (Å²) in [4.78, 5) is 21.4. The van der Waals surface area contributed by atoms with Gasteiger partial charge in [0.15, 0.2) is 0 Å². The molecular weight excluding hydrogens is 227 g/mol. The number of carboxylic acid groups (broad SMARTS) is 1. The minimum Gasteiger partial charge on any atom is -0.480 e. The number of carbonyl (C=O) groups is 2. The zero-order valence-corrected chi connectivity index (χ0v) is 9.07. The topological polar surface area (TPSA) is 78.4 Å². The van der Waals surface area contributed by atoms with E-state index < -0.39 is 5.97 Å². The third kappa shape index (κ3) is 5.07. The normalized spacial score (nSPS) is 9.94. The van der Waals surface area contributed by atoms with Gasteiger partial charge in [-0.25, -0.2) is 4.39 Å². The standard InChI is InChI=1S/C11H13FN2O3/c12-9-4-2-1-3-8(9)5-14-10(15)6-13-7-11(16)17/h1-4,13H,5-7H2,(H,14,15)(H,16,17). The quantitative estimate of drug-likeness (QED) is 0.659. The predicted molar refractivity (Wildman–Crippen MR) is 58.8 cm³/mol. The van der Waals surface area contributed by atoms with Crippen molar-refractivity contribution in [3.8, 4) is 0 Å². The molecule has 0 aromatic heterocycles. The number of hydrogen-bond donors (Lipinski definition) is 3. The number of amides is 1. The molecule has 17 heavy (non-hydrogen) atoms. The molecule has 0 fully saturated rings. The van der Waals surface area contributed by atoms with E-state index in [0.717, 1.165) is 0 Å². The van der Waals surface area contributed by atoms with Gasteiger partial charge in [0.2, 0.25) is 5.91 Å². The van der Waals surface area contributed by atoms with E-state index in [1.165, 1.54) is 6.07 Å². The summed E-state index contributed by atoms with van der Waals surface area (Å²) < 4.78 is 13.2. The Balaban J connectivity index is 2.29. The Bertz CT molecular complexity index is 409. The Morgan fingerprint density at radius 3 is 2.59 bits per heavy atom. The molecule has 0 saturated heterocycles. The highest BCUT2D eigenvalue weighted by molar-refractivity contribution is 5.78. The van der Waals surface area contributed by atoms with Crippen LogP contribution in [-0.4, -0.2) is 30.1 Å². The number of rotatable bonds is 6. The molecule has 0 aliphatic carbocycles. The lowest BCUT2D eigenvalue weighted by Gasteiger charge is -2.06. The van der Waals surface area contributed by atoms with Gasteiger partial charge in [-0.2, -0.15) is 0 Å². The van der Waals surface area contributed by atoms with Gasteiger partial charge in [0, 0.05) is 12.1 Å². The first-order chi connectivity index (χ1) is 8.09. The number of aliphatic carboxylic acids is 1. The molecule has 0 aliphatic rings. The zero-order valence-electron chi connectivity index (χ0n) is 9.07. The van der Waals surface area contributed by atoms with Crippen LogP contribution in [0.25, 0.3) is 0 Å². The number of nitrogens with one attached hydrogen (secondary N) is 2. The van der Waals surface area contributed by atoms with Crippen LogP contribution in [0.1, 0.15) is 5.56 Å². The van der Waals surface area contributed by atoms with Crippen LogP contribution >= 0.6 is 0 Å². The highest BCUT2D eigenvalue weighted by Crippen LogP contribution is 2.04. The molecule has 3 N–H and O–H groups in total. The van der Waals surface area contributed by atoms with Crippen molar-refractivity contribution in [2.75, 3.05) is 13.1 Å². The lowest BCUT2D eigenvalue weighted by atomic mass is 10.2. The maximum absolute atomic E-state index is 13.2. The summed E-state index contributed by atoms with van der Waals surface area (Å²) in [6.45, 7) is -0.311. The summed E-state index contributed by atoms with van der Waals surface area (Å²) in [5, 5.41) is 13.2. The summed E-state index contributed by atoms with van der Waals surface area (Å²) in [6, 6.07) is 6.12. The van der Waals surface area contributed by atoms with Crippen molar-refractivity contribution in [1.29, 1.82) is 0 Å². The number of benzene rings is 1. The van der Waals surface area contributed by atoms with Gasteiger partial charge in [-0.1, -0.05) is 18.2 Å². The first kappa shape index (κ1) is 13.1. The number of carboxylic acids is 1. The van der Waals surface area contributed by atoms with E-state index >= 15 is 0 Å². The molecule has 0 atom stereocenters. The molecule has 0 spiro atoms. The highest BCUT2D eigenvalue weighted by Gasteiger charge is 2.04. The van der Waals surface area contributed by atoms with Crippen LogP contribution in [0.5, 0.6) is 0 Å². The summed E-state index contributed by atoms with van der Waals surface area (Å²) in [5.41, 5.74) is 0.388. The van der Waals surface area contributed by atoms with E-state index in [-0.39, 0.29) is 31.4 Å². The van der Waals surface area contributed by atoms with Crippen molar-refractivity contribution in [2.24, 2.45) is 0 Å². The Morgan fingerprint density at radius 1 is 1.24 bits per heavy atom. The van der Waals surface area contributed by atoms with Crippen molar-refractivity contribution >= 4 is 11.9 Å². The molecule has 1 aromatic rings. The molecule has 0 unspecified atom stereocenters. The second-order valence-corrected chi connectivity index (χ2v) is 3.37. The molecule has 1 rings (SSSR count). The molecule has 0 heterocycles. The monoisotopic (exact) mass is 240 g/mol. The van der Waals surface area contributed by atoms with Crippen molar-refractivity contribution in [2.45, 2.75) is 6.54 Å². The van der Waals surface area contributed by atoms with Gasteiger partial charge in [-0.3, -0.25) is 14.9 Å². The maximum atomic E-state index is 13.2. The highest BCUT2D eigenvalue weighted by atomic mass is 19.1. The third-order valence-electron chi connectivity index (χ3n) is 2.00. The molecular formula is C11H13FN2O3. The molecule has 5 nitrogen and oxygen atoms in total. The zero-order chi connectivity index (χ0) is 12.7. The van der Waals surface area contributed by atoms with Gasteiger partial charge in [0.05, 0.1) is 13.1 Å². The van der Waals surface area contributed by atoms with Gasteiger partial charge in [-0.05, 0) is 6.07 Å². The molecule has 0 bridgehead atoms. The first-order valence-electron chi connectivity index (χ1n) is 5.02. The fraction of sp³-hybridized carbons (Fsp3) is 0.273. The molecule has 6 heteroatoms. The lowest BCUT2D eigenvalue weighted by Crippen LogP contribution is -2.35. The molecule has 0 radical (unpaired) electrons. The molecule has 0 saturated carbocycles. The summed E-state index contributed by atoms with van der Waals surface area (Å²) >= 11 is 0. The first-order valence-corrected chi connectivity index (χ1v) is 5.02. The predicted octanol–water partition coefficient (Wildman–Crippen LogP) is 0.116. The van der Waals surface area contributed by atoms with Crippen LogP contribution in [0.4, 0.5) is 4.39 Å². The average molecular weight is 240 g/mol. The molecule has 1 aromatic carbocycles. The summed E-state index contributed by atoms with van der Waals surface area (Å²) in [5.74, 6) is -1.80. The fourth-order valence-corrected chi connectivity index (χ4v) is 1.18. The van der Waals surface area contributed by atoms with Crippen LogP contribution in [0.2, 0.25) is 0 Å². The number of carbonyl (C=O) groups excluding carboxylic acids is 1. The molecule has 1 amide bonds. The Kier molecular flexibility index (Phi) is 5.09. The molecule has 0 aliphatic heterocycles. The summed E-state index contributed by atoms with van der Waals surface area (Å²) in [6.07, 6.45) is 0. The van der Waals surface area contributed by atoms with Gasteiger partial charge < -0.3 is 10.4 Å². The summed E-state index contributed by atoms with van der Waals surface area (Å²) in [7, 11) is 0. The fourth-order valence-electron chi connectivity index (χ4n) is 1.18. The smallest absolute Gasteiger partial charge is 0.317 e. The van der Waals surface area contributed by atoms with Crippen molar-refractivity contribution < 1.29 is 19.1 Å². The Morgan fingerprint density at radius 2 is 1.94 bits per heavy atom. The van der Waals surface area contributed by atoms with Crippen molar-refractivity contribution in [3.63, 3.8) is 0 Å². The van der Waals surface area contributed by atoms with Gasteiger partial charge >= 0.3 is 5.97 Å². The van der Waals surface area contributed by atoms with E-state index in [0.29, 0.717) is 5.56 Å². The minimum atomic E-state index is -1.04. The number of hydrogen-bond acceptors (Lipinski definition) is 3. The Labute approximate surface area is 97.6 Å². The average Bonchev–Trinajstić information content (AvgIpc) is 2.27. The van der Waals surface area contributed by atoms with E-state index in [4.69, 9.17) is 5.11 Å². The van der Waals surface area contributed by atoms with Crippen LogP contribution in [0, 0.1) is 5.82 Å². The van der Waals surface area contributed by atoms with Crippen LogP contribution < -0.4 is 10.6 Å². The van der Waals surface area contributed by atoms with E-state index in [1.54, 1.807) is 18.2 Å².